The number of aliphatic carboxylic acids is 1. The topological polar surface area (TPSA) is 76.5 Å². The molecule has 0 fully saturated rings. The molecule has 0 radical (unpaired) electrons. The van der Waals surface area contributed by atoms with Crippen LogP contribution in [0, 0.1) is 0 Å². The number of halogens is 1. The fourth-order valence-electron chi connectivity index (χ4n) is 1.04. The van der Waals surface area contributed by atoms with Crippen molar-refractivity contribution in [3.63, 3.8) is 0 Å². The standard InChI is InChI=1S/C9H8BrNO4/c1-15-9(14)6-2-5(4-8(12)13)3-7(10)11-6/h2-3H,4H2,1H3,(H,12,13). The normalized spacial score (nSPS) is 9.73. The molecule has 5 nitrogen and oxygen atoms in total. The van der Waals surface area contributed by atoms with Crippen LogP contribution in [0.15, 0.2) is 16.7 Å². The Labute approximate surface area is 94.2 Å². The minimum atomic E-state index is -0.969. The van der Waals surface area contributed by atoms with Gasteiger partial charge in [-0.15, -0.1) is 0 Å². The van der Waals surface area contributed by atoms with Crippen molar-refractivity contribution in [2.45, 2.75) is 6.42 Å². The Hall–Kier alpha value is -1.43. The molecule has 0 amide bonds. The van der Waals surface area contributed by atoms with E-state index < -0.39 is 11.9 Å². The lowest BCUT2D eigenvalue weighted by Crippen LogP contribution is -2.07. The number of hydrogen-bond donors (Lipinski definition) is 1. The second-order valence-electron chi connectivity index (χ2n) is 2.75. The maximum absolute atomic E-state index is 11.2. The number of methoxy groups -OCH3 is 1. The summed E-state index contributed by atoms with van der Waals surface area (Å²) in [5.41, 5.74) is 0.577. The Bertz CT molecular complexity index is 405. The zero-order chi connectivity index (χ0) is 11.4. The molecule has 0 saturated carbocycles. The maximum atomic E-state index is 11.2. The summed E-state index contributed by atoms with van der Waals surface area (Å²) in [4.78, 5) is 25.5. The Balaban J connectivity index is 3.04. The summed E-state index contributed by atoms with van der Waals surface area (Å²) in [5, 5.41) is 8.59. The van der Waals surface area contributed by atoms with Gasteiger partial charge in [-0.2, -0.15) is 0 Å². The van der Waals surface area contributed by atoms with Crippen molar-refractivity contribution < 1.29 is 19.4 Å². The lowest BCUT2D eigenvalue weighted by atomic mass is 10.2. The number of aromatic nitrogens is 1. The number of carboxylic acids is 1. The van der Waals surface area contributed by atoms with Crippen LogP contribution in [0.25, 0.3) is 0 Å². The van der Waals surface area contributed by atoms with Crippen LogP contribution in [-0.2, 0) is 16.0 Å². The summed E-state index contributed by atoms with van der Waals surface area (Å²) in [6.45, 7) is 0. The predicted octanol–water partition coefficient (Wildman–Crippen LogP) is 1.26. The van der Waals surface area contributed by atoms with Crippen LogP contribution in [0.3, 0.4) is 0 Å². The fourth-order valence-corrected chi connectivity index (χ4v) is 1.52. The number of carbonyl (C=O) groups is 2. The molecule has 1 aromatic heterocycles. The van der Waals surface area contributed by atoms with E-state index in [0.717, 1.165) is 0 Å². The number of hydrogen-bond acceptors (Lipinski definition) is 4. The van der Waals surface area contributed by atoms with E-state index in [0.29, 0.717) is 10.2 Å². The van der Waals surface area contributed by atoms with Gasteiger partial charge in [0.2, 0.25) is 0 Å². The Morgan fingerprint density at radius 3 is 2.73 bits per heavy atom. The van der Waals surface area contributed by atoms with Crippen LogP contribution in [0.5, 0.6) is 0 Å². The first-order valence-corrected chi connectivity index (χ1v) is 4.79. The highest BCUT2D eigenvalue weighted by Crippen LogP contribution is 2.13. The summed E-state index contributed by atoms with van der Waals surface area (Å²) >= 11 is 3.09. The highest BCUT2D eigenvalue weighted by atomic mass is 79.9. The largest absolute Gasteiger partial charge is 0.481 e. The molecule has 0 unspecified atom stereocenters. The van der Waals surface area contributed by atoms with Crippen LogP contribution < -0.4 is 0 Å². The van der Waals surface area contributed by atoms with Crippen molar-refractivity contribution in [2.75, 3.05) is 7.11 Å². The van der Waals surface area contributed by atoms with Crippen LogP contribution in [0.1, 0.15) is 16.1 Å². The van der Waals surface area contributed by atoms with Crippen LogP contribution in [0.4, 0.5) is 0 Å². The van der Waals surface area contributed by atoms with E-state index in [-0.39, 0.29) is 12.1 Å². The smallest absolute Gasteiger partial charge is 0.356 e. The van der Waals surface area contributed by atoms with Gasteiger partial charge in [0.05, 0.1) is 13.5 Å². The van der Waals surface area contributed by atoms with Crippen LogP contribution >= 0.6 is 15.9 Å². The lowest BCUT2D eigenvalue weighted by Gasteiger charge is -2.02. The fraction of sp³-hybridized carbons (Fsp3) is 0.222. The molecule has 0 saturated heterocycles. The molecule has 0 aliphatic rings. The van der Waals surface area contributed by atoms with E-state index >= 15 is 0 Å². The molecule has 0 aliphatic heterocycles. The van der Waals surface area contributed by atoms with E-state index in [2.05, 4.69) is 25.7 Å². The van der Waals surface area contributed by atoms with Crippen molar-refractivity contribution in [3.8, 4) is 0 Å². The summed E-state index contributed by atoms with van der Waals surface area (Å²) in [6, 6.07) is 2.94. The second-order valence-corrected chi connectivity index (χ2v) is 3.56. The minimum Gasteiger partial charge on any atom is -0.481 e. The molecule has 0 bridgehead atoms. The first kappa shape index (κ1) is 11.6. The first-order chi connectivity index (χ1) is 7.02. The number of esters is 1. The van der Waals surface area contributed by atoms with Gasteiger partial charge in [-0.25, -0.2) is 9.78 Å². The highest BCUT2D eigenvalue weighted by Gasteiger charge is 2.11. The van der Waals surface area contributed by atoms with Gasteiger partial charge in [0.25, 0.3) is 0 Å². The van der Waals surface area contributed by atoms with Gasteiger partial charge < -0.3 is 9.84 Å². The molecule has 15 heavy (non-hydrogen) atoms. The highest BCUT2D eigenvalue weighted by molar-refractivity contribution is 9.10. The zero-order valence-corrected chi connectivity index (χ0v) is 9.44. The molecule has 80 valence electrons. The summed E-state index contributed by atoms with van der Waals surface area (Å²) in [6.07, 6.45) is -0.162. The van der Waals surface area contributed by atoms with E-state index in [1.165, 1.54) is 13.2 Å². The molecular weight excluding hydrogens is 266 g/mol. The third-order valence-corrected chi connectivity index (χ3v) is 2.01. The SMILES string of the molecule is COC(=O)c1cc(CC(=O)O)cc(Br)n1. The number of nitrogens with zero attached hydrogens (tertiary/aromatic N) is 1. The molecular formula is C9H8BrNO4. The van der Waals surface area contributed by atoms with Gasteiger partial charge in [-0.1, -0.05) is 0 Å². The molecule has 1 rings (SSSR count). The molecule has 0 spiro atoms. The summed E-state index contributed by atoms with van der Waals surface area (Å²) < 4.78 is 4.89. The Morgan fingerprint density at radius 1 is 1.53 bits per heavy atom. The third kappa shape index (κ3) is 3.32. The van der Waals surface area contributed by atoms with Gasteiger partial charge in [-0.05, 0) is 33.6 Å². The van der Waals surface area contributed by atoms with E-state index in [1.807, 2.05) is 0 Å². The average Bonchev–Trinajstić information content (AvgIpc) is 2.14. The number of carbonyl (C=O) groups excluding carboxylic acids is 1. The molecule has 0 atom stereocenters. The first-order valence-electron chi connectivity index (χ1n) is 3.99. The van der Waals surface area contributed by atoms with Crippen molar-refractivity contribution in [3.05, 3.63) is 28.0 Å². The van der Waals surface area contributed by atoms with Gasteiger partial charge in [0.15, 0.2) is 0 Å². The number of carboxylic acid groups (broad SMARTS) is 1. The molecule has 1 aromatic rings. The Kier molecular flexibility index (Phi) is 3.79. The van der Waals surface area contributed by atoms with Crippen LogP contribution in [-0.4, -0.2) is 29.1 Å². The summed E-state index contributed by atoms with van der Waals surface area (Å²) in [5.74, 6) is -1.56. The van der Waals surface area contributed by atoms with Crippen LogP contribution in [0.2, 0.25) is 0 Å². The number of rotatable bonds is 3. The van der Waals surface area contributed by atoms with Gasteiger partial charge in [0.1, 0.15) is 10.3 Å². The van der Waals surface area contributed by atoms with Gasteiger partial charge in [-0.3, -0.25) is 4.79 Å². The maximum Gasteiger partial charge on any atom is 0.356 e. The van der Waals surface area contributed by atoms with E-state index in [9.17, 15) is 9.59 Å². The third-order valence-electron chi connectivity index (χ3n) is 1.60. The predicted molar refractivity (Wildman–Crippen MR) is 54.6 cm³/mol. The van der Waals surface area contributed by atoms with Crippen molar-refractivity contribution in [2.24, 2.45) is 0 Å². The molecule has 1 N–H and O–H groups in total. The second kappa shape index (κ2) is 4.88. The van der Waals surface area contributed by atoms with Crippen molar-refractivity contribution in [1.29, 1.82) is 0 Å². The average molecular weight is 274 g/mol. The molecule has 0 aromatic carbocycles. The zero-order valence-electron chi connectivity index (χ0n) is 7.86. The number of pyridine rings is 1. The van der Waals surface area contributed by atoms with Crippen molar-refractivity contribution in [1.82, 2.24) is 4.98 Å². The van der Waals surface area contributed by atoms with Gasteiger partial charge in [0, 0.05) is 0 Å². The monoisotopic (exact) mass is 273 g/mol. The van der Waals surface area contributed by atoms with E-state index in [1.54, 1.807) is 6.07 Å². The molecule has 1 heterocycles. The molecule has 0 aliphatic carbocycles. The summed E-state index contributed by atoms with van der Waals surface area (Å²) in [7, 11) is 1.24. The lowest BCUT2D eigenvalue weighted by molar-refractivity contribution is -0.136. The van der Waals surface area contributed by atoms with Crippen molar-refractivity contribution >= 4 is 27.9 Å². The van der Waals surface area contributed by atoms with Gasteiger partial charge >= 0.3 is 11.9 Å². The van der Waals surface area contributed by atoms with E-state index in [4.69, 9.17) is 5.11 Å². The molecule has 6 heteroatoms. The Morgan fingerprint density at radius 2 is 2.20 bits per heavy atom. The quantitative estimate of drug-likeness (QED) is 0.663. The number of ether oxygens (including phenoxy) is 1. The minimum absolute atomic E-state index is 0.0862.